The second-order valence-corrected chi connectivity index (χ2v) is 24.7. The Kier molecular flexibility index (Phi) is 8.47. The van der Waals surface area contributed by atoms with Gasteiger partial charge < -0.3 is 13.9 Å². The van der Waals surface area contributed by atoms with Crippen molar-refractivity contribution in [3.8, 4) is 11.4 Å². The van der Waals surface area contributed by atoms with Crippen LogP contribution in [0.15, 0.2) is 139 Å². The molecule has 0 spiro atoms. The van der Waals surface area contributed by atoms with Gasteiger partial charge in [-0.25, -0.2) is 0 Å². The van der Waals surface area contributed by atoms with E-state index in [0.29, 0.717) is 0 Å². The van der Waals surface area contributed by atoms with Gasteiger partial charge in [0, 0.05) is 55.3 Å². The van der Waals surface area contributed by atoms with Crippen LogP contribution < -0.4 is 15.7 Å². The summed E-state index contributed by atoms with van der Waals surface area (Å²) in [7, 11) is 0. The molecule has 2 aromatic heterocycles. The van der Waals surface area contributed by atoms with Crippen LogP contribution in [0.5, 0.6) is 0 Å². The van der Waals surface area contributed by atoms with Gasteiger partial charge in [-0.15, -0.1) is 0 Å². The van der Waals surface area contributed by atoms with Crippen LogP contribution >= 0.6 is 0 Å². The first-order valence-electron chi connectivity index (χ1n) is 24.6. The minimum atomic E-state index is -0.260. The van der Waals surface area contributed by atoms with Crippen LogP contribution in [0.25, 0.3) is 60.6 Å². The maximum atomic E-state index is 2.79. The molecule has 0 fully saturated rings. The molecule has 0 radical (unpaired) electrons. The molecule has 67 heavy (non-hydrogen) atoms. The van der Waals surface area contributed by atoms with Crippen molar-refractivity contribution in [2.45, 2.75) is 124 Å². The van der Waals surface area contributed by atoms with Gasteiger partial charge >= 0.3 is 6.85 Å². The Morgan fingerprint density at radius 1 is 0.448 bits per heavy atom. The molecule has 0 amide bonds. The molecule has 9 aromatic rings. The van der Waals surface area contributed by atoms with Gasteiger partial charge in [-0.05, 0) is 126 Å². The van der Waals surface area contributed by atoms with Gasteiger partial charge in [0.15, 0.2) is 0 Å². The lowest BCUT2D eigenvalue weighted by Gasteiger charge is -2.46. The number of para-hydroxylation sites is 1. The van der Waals surface area contributed by atoms with Gasteiger partial charge in [-0.1, -0.05) is 176 Å². The lowest BCUT2D eigenvalue weighted by molar-refractivity contribution is 0.589. The van der Waals surface area contributed by atoms with Gasteiger partial charge in [0.2, 0.25) is 0 Å². The van der Waals surface area contributed by atoms with E-state index in [0.717, 1.165) is 0 Å². The van der Waals surface area contributed by atoms with Gasteiger partial charge in [-0.3, -0.25) is 0 Å². The summed E-state index contributed by atoms with van der Waals surface area (Å²) in [5.74, 6) is 0. The molecule has 1 aliphatic carbocycles. The van der Waals surface area contributed by atoms with Crippen molar-refractivity contribution < 1.29 is 0 Å². The molecule has 3 aliphatic rings. The van der Waals surface area contributed by atoms with Crippen molar-refractivity contribution in [1.82, 2.24) is 9.13 Å². The average molecular weight is 874 g/mol. The Morgan fingerprint density at radius 3 is 1.72 bits per heavy atom. The second-order valence-electron chi connectivity index (χ2n) is 24.7. The molecular weight excluding hydrogens is 810 g/mol. The minimum Gasteiger partial charge on any atom is -0.379 e. The molecule has 4 heteroatoms. The molecule has 3 nitrogen and oxygen atoms in total. The van der Waals surface area contributed by atoms with Crippen LogP contribution in [0, 0.1) is 0 Å². The largest absolute Gasteiger partial charge is 0.379 e. The number of nitrogens with zero attached hydrogens (tertiary/aromatic N) is 3. The summed E-state index contributed by atoms with van der Waals surface area (Å²) in [6.07, 6.45) is 0. The third-order valence-corrected chi connectivity index (χ3v) is 15.8. The van der Waals surface area contributed by atoms with E-state index in [1.807, 2.05) is 0 Å². The quantitative estimate of drug-likeness (QED) is 0.158. The fourth-order valence-corrected chi connectivity index (χ4v) is 12.2. The molecule has 4 heterocycles. The van der Waals surface area contributed by atoms with E-state index < -0.39 is 0 Å². The molecule has 0 saturated heterocycles. The summed E-state index contributed by atoms with van der Waals surface area (Å²) in [5.41, 5.74) is 23.5. The SMILES string of the molecule is CC(C)(C)c1ccc(N2B3c4c(cc(C(C)(C)C)cc4-n4c5ccc6c7cc(C(C)(C)C)ccc7n(-c7ccccc7)c6c5c5cc(C(C)(C)C)cc3c54)C3=C2C(C)(C)c2ccccc23)cc1. The maximum Gasteiger partial charge on any atom is 0.332 e. The monoisotopic (exact) mass is 874 g/mol. The molecule has 2 aliphatic heterocycles. The van der Waals surface area contributed by atoms with E-state index in [4.69, 9.17) is 0 Å². The van der Waals surface area contributed by atoms with Gasteiger partial charge in [0.05, 0.1) is 22.1 Å². The summed E-state index contributed by atoms with van der Waals surface area (Å²) in [4.78, 5) is 2.79. The lowest BCUT2D eigenvalue weighted by Crippen LogP contribution is -2.64. The molecule has 0 atom stereocenters. The van der Waals surface area contributed by atoms with Crippen molar-refractivity contribution in [2.75, 3.05) is 4.81 Å². The van der Waals surface area contributed by atoms with Crippen LogP contribution in [-0.2, 0) is 27.1 Å². The van der Waals surface area contributed by atoms with Crippen LogP contribution in [-0.4, -0.2) is 16.0 Å². The zero-order chi connectivity index (χ0) is 47.1. The Labute approximate surface area is 398 Å². The Balaban J connectivity index is 1.31. The van der Waals surface area contributed by atoms with Gasteiger partial charge in [-0.2, -0.15) is 0 Å². The van der Waals surface area contributed by atoms with E-state index in [1.54, 1.807) is 0 Å². The standard InChI is InChI=1S/C63H64BN3/c1-59(2,3)37-24-27-42(28-25-37)67-58-53(44-22-18-19-23-48(44)63(58,13)14)46-33-40(62(10,11)12)36-52-55(46)64(67)49-35-39(61(7,8)9)34-47-54-51(66(52)56(47)49)31-29-43-45-32-38(60(4,5)6)26-30-50(45)65(57(43)54)41-20-16-15-17-21-41/h15-36H,1-14H3. The maximum absolute atomic E-state index is 2.79. The zero-order valence-electron chi connectivity index (χ0n) is 42.1. The fourth-order valence-electron chi connectivity index (χ4n) is 12.2. The molecule has 0 N–H and O–H groups in total. The summed E-state index contributed by atoms with van der Waals surface area (Å²) >= 11 is 0. The van der Waals surface area contributed by atoms with Crippen LogP contribution in [0.2, 0.25) is 0 Å². The van der Waals surface area contributed by atoms with E-state index >= 15 is 0 Å². The molecular formula is C63H64BN3. The van der Waals surface area contributed by atoms with E-state index in [9.17, 15) is 0 Å². The number of hydrogen-bond acceptors (Lipinski definition) is 1. The third kappa shape index (κ3) is 5.84. The summed E-state index contributed by atoms with van der Waals surface area (Å²) in [6.45, 7) is 33.1. The van der Waals surface area contributed by atoms with Crippen molar-refractivity contribution in [3.05, 3.63) is 178 Å². The highest BCUT2D eigenvalue weighted by Crippen LogP contribution is 2.55. The summed E-state index contributed by atoms with van der Waals surface area (Å²) < 4.78 is 5.26. The number of aromatic nitrogens is 2. The van der Waals surface area contributed by atoms with Crippen molar-refractivity contribution in [2.24, 2.45) is 0 Å². The molecule has 7 aromatic carbocycles. The molecule has 0 saturated carbocycles. The van der Waals surface area contributed by atoms with Crippen LogP contribution in [0.4, 0.5) is 5.69 Å². The predicted octanol–water partition coefficient (Wildman–Crippen LogP) is 15.1. The fraction of sp³-hybridized carbons (Fsp3) is 0.302. The first kappa shape index (κ1) is 42.1. The number of anilines is 1. The predicted molar refractivity (Wildman–Crippen MR) is 289 cm³/mol. The van der Waals surface area contributed by atoms with E-state index in [1.165, 1.54) is 122 Å². The number of benzene rings is 7. The van der Waals surface area contributed by atoms with Crippen molar-refractivity contribution in [1.29, 1.82) is 0 Å². The molecule has 334 valence electrons. The minimum absolute atomic E-state index is 0.0144. The van der Waals surface area contributed by atoms with Gasteiger partial charge in [0.1, 0.15) is 0 Å². The average Bonchev–Trinajstić information content (AvgIpc) is 3.87. The first-order valence-corrected chi connectivity index (χ1v) is 24.6. The van der Waals surface area contributed by atoms with E-state index in [2.05, 4.69) is 244 Å². The summed E-state index contributed by atoms with van der Waals surface area (Å²) in [6, 6.07) is 52.3. The van der Waals surface area contributed by atoms with E-state index in [-0.39, 0.29) is 33.9 Å². The van der Waals surface area contributed by atoms with Crippen LogP contribution in [0.3, 0.4) is 0 Å². The normalized spacial score (nSPS) is 15.6. The smallest absolute Gasteiger partial charge is 0.332 e. The Hall–Kier alpha value is -6.26. The number of allylic oxidation sites excluding steroid dienone is 1. The number of hydrogen-bond donors (Lipinski definition) is 0. The zero-order valence-corrected chi connectivity index (χ0v) is 42.1. The molecule has 0 unspecified atom stereocenters. The lowest BCUT2D eigenvalue weighted by atomic mass is 9.43. The van der Waals surface area contributed by atoms with Crippen LogP contribution in [0.1, 0.15) is 136 Å². The van der Waals surface area contributed by atoms with Gasteiger partial charge in [0.25, 0.3) is 0 Å². The summed E-state index contributed by atoms with van der Waals surface area (Å²) in [5, 5.41) is 5.24. The van der Waals surface area contributed by atoms with Crippen molar-refractivity contribution >= 4 is 72.6 Å². The molecule has 0 bridgehead atoms. The third-order valence-electron chi connectivity index (χ3n) is 15.8. The highest BCUT2D eigenvalue weighted by molar-refractivity contribution is 6.92. The number of fused-ring (bicyclic) bond motifs is 12. The number of rotatable bonds is 2. The Morgan fingerprint density at radius 2 is 1.04 bits per heavy atom. The Bertz CT molecular complexity index is 3620. The highest BCUT2D eigenvalue weighted by atomic mass is 15.1. The molecule has 12 rings (SSSR count). The topological polar surface area (TPSA) is 13.1 Å². The second kappa shape index (κ2) is 13.5. The van der Waals surface area contributed by atoms with Crippen molar-refractivity contribution in [3.63, 3.8) is 0 Å². The first-order chi connectivity index (χ1) is 31.5. The highest BCUT2D eigenvalue weighted by Gasteiger charge is 2.52.